The summed E-state index contributed by atoms with van der Waals surface area (Å²) in [6.07, 6.45) is 2.46. The molecule has 1 aromatic carbocycles. The van der Waals surface area contributed by atoms with Gasteiger partial charge in [-0.2, -0.15) is 0 Å². The first-order chi connectivity index (χ1) is 9.22. The Kier molecular flexibility index (Phi) is 3.83. The zero-order valence-electron chi connectivity index (χ0n) is 11.7. The maximum atomic E-state index is 4.87. The fourth-order valence-corrected chi connectivity index (χ4v) is 3.78. The van der Waals surface area contributed by atoms with Gasteiger partial charge < -0.3 is 5.32 Å². The SMILES string of the molecule is CC(C)CC1CSC(=NC2CC2c2ccccc2)N1. The van der Waals surface area contributed by atoms with Gasteiger partial charge in [-0.15, -0.1) is 0 Å². The van der Waals surface area contributed by atoms with Gasteiger partial charge in [0.2, 0.25) is 0 Å². The normalized spacial score (nSPS) is 31.7. The van der Waals surface area contributed by atoms with Gasteiger partial charge in [0.15, 0.2) is 5.17 Å². The molecule has 0 aromatic heterocycles. The molecule has 1 aliphatic heterocycles. The van der Waals surface area contributed by atoms with Crippen molar-refractivity contribution in [2.24, 2.45) is 10.9 Å². The van der Waals surface area contributed by atoms with E-state index in [1.165, 1.54) is 29.3 Å². The Bertz CT molecular complexity index is 455. The number of rotatable bonds is 4. The Morgan fingerprint density at radius 1 is 1.32 bits per heavy atom. The lowest BCUT2D eigenvalue weighted by atomic mass is 10.1. The van der Waals surface area contributed by atoms with Crippen LogP contribution in [-0.4, -0.2) is 23.0 Å². The molecule has 2 fully saturated rings. The number of aliphatic imine (C=N–C) groups is 1. The van der Waals surface area contributed by atoms with Crippen molar-refractivity contribution in [3.8, 4) is 0 Å². The smallest absolute Gasteiger partial charge is 0.157 e. The molecule has 0 spiro atoms. The molecule has 3 heteroatoms. The van der Waals surface area contributed by atoms with Crippen LogP contribution in [0.2, 0.25) is 0 Å². The lowest BCUT2D eigenvalue weighted by Gasteiger charge is -2.11. The minimum Gasteiger partial charge on any atom is -0.361 e. The maximum absolute atomic E-state index is 4.87. The second-order valence-corrected chi connectivity index (χ2v) is 7.04. The van der Waals surface area contributed by atoms with Gasteiger partial charge in [-0.25, -0.2) is 0 Å². The van der Waals surface area contributed by atoms with E-state index >= 15 is 0 Å². The highest BCUT2D eigenvalue weighted by atomic mass is 32.2. The molecule has 1 saturated carbocycles. The maximum Gasteiger partial charge on any atom is 0.157 e. The Morgan fingerprint density at radius 3 is 2.84 bits per heavy atom. The van der Waals surface area contributed by atoms with Gasteiger partial charge in [-0.05, 0) is 24.3 Å². The van der Waals surface area contributed by atoms with Gasteiger partial charge in [-0.3, -0.25) is 4.99 Å². The van der Waals surface area contributed by atoms with Crippen LogP contribution >= 0.6 is 11.8 Å². The molecule has 1 aromatic rings. The Morgan fingerprint density at radius 2 is 2.11 bits per heavy atom. The van der Waals surface area contributed by atoms with E-state index in [1.807, 2.05) is 11.8 Å². The molecule has 3 unspecified atom stereocenters. The van der Waals surface area contributed by atoms with Crippen LogP contribution in [0.3, 0.4) is 0 Å². The summed E-state index contributed by atoms with van der Waals surface area (Å²) in [4.78, 5) is 4.87. The number of benzene rings is 1. The summed E-state index contributed by atoms with van der Waals surface area (Å²) in [7, 11) is 0. The molecular formula is C16H22N2S. The van der Waals surface area contributed by atoms with E-state index in [0.29, 0.717) is 18.0 Å². The molecule has 1 aliphatic carbocycles. The molecule has 102 valence electrons. The molecule has 0 bridgehead atoms. The number of nitrogens with one attached hydrogen (secondary N) is 1. The van der Waals surface area contributed by atoms with Crippen LogP contribution in [0.1, 0.15) is 38.2 Å². The highest BCUT2D eigenvalue weighted by molar-refractivity contribution is 8.14. The third-order valence-electron chi connectivity index (χ3n) is 3.77. The third kappa shape index (κ3) is 3.33. The number of nitrogens with zero attached hydrogens (tertiary/aromatic N) is 1. The van der Waals surface area contributed by atoms with E-state index in [1.54, 1.807) is 0 Å². The summed E-state index contributed by atoms with van der Waals surface area (Å²) in [5.41, 5.74) is 1.44. The lowest BCUT2D eigenvalue weighted by Crippen LogP contribution is -2.28. The van der Waals surface area contributed by atoms with Gasteiger partial charge in [0.25, 0.3) is 0 Å². The summed E-state index contributed by atoms with van der Waals surface area (Å²) in [5.74, 6) is 2.59. The summed E-state index contributed by atoms with van der Waals surface area (Å²) >= 11 is 1.90. The summed E-state index contributed by atoms with van der Waals surface area (Å²) in [6, 6.07) is 11.9. The highest BCUT2D eigenvalue weighted by Crippen LogP contribution is 2.44. The topological polar surface area (TPSA) is 24.4 Å². The molecule has 2 nitrogen and oxygen atoms in total. The van der Waals surface area contributed by atoms with Crippen molar-refractivity contribution in [3.63, 3.8) is 0 Å². The monoisotopic (exact) mass is 274 g/mol. The quantitative estimate of drug-likeness (QED) is 0.906. The molecular weight excluding hydrogens is 252 g/mol. The van der Waals surface area contributed by atoms with Gasteiger partial charge in [0, 0.05) is 17.7 Å². The lowest BCUT2D eigenvalue weighted by molar-refractivity contribution is 0.502. The molecule has 3 rings (SSSR count). The van der Waals surface area contributed by atoms with Crippen LogP contribution in [0.15, 0.2) is 35.3 Å². The van der Waals surface area contributed by atoms with Crippen molar-refractivity contribution in [2.75, 3.05) is 5.75 Å². The number of amidine groups is 1. The molecule has 0 radical (unpaired) electrons. The van der Waals surface area contributed by atoms with E-state index in [4.69, 9.17) is 4.99 Å². The third-order valence-corrected chi connectivity index (χ3v) is 4.84. The van der Waals surface area contributed by atoms with Crippen molar-refractivity contribution in [1.29, 1.82) is 0 Å². The second-order valence-electron chi connectivity index (χ2n) is 6.04. The summed E-state index contributed by atoms with van der Waals surface area (Å²) in [6.45, 7) is 4.57. The van der Waals surface area contributed by atoms with Crippen LogP contribution in [0.5, 0.6) is 0 Å². The van der Waals surface area contributed by atoms with Crippen molar-refractivity contribution < 1.29 is 0 Å². The first-order valence-corrected chi connectivity index (χ1v) is 8.23. The average Bonchev–Trinajstić information content (AvgIpc) is 3.02. The van der Waals surface area contributed by atoms with E-state index in [9.17, 15) is 0 Å². The van der Waals surface area contributed by atoms with E-state index in [2.05, 4.69) is 49.5 Å². The number of hydrogen-bond acceptors (Lipinski definition) is 2. The molecule has 1 N–H and O–H groups in total. The van der Waals surface area contributed by atoms with E-state index in [0.717, 1.165) is 5.92 Å². The Hall–Kier alpha value is -0.960. The Labute approximate surface area is 120 Å². The zero-order chi connectivity index (χ0) is 13.2. The predicted octanol–water partition coefficient (Wildman–Crippen LogP) is 3.65. The van der Waals surface area contributed by atoms with Crippen molar-refractivity contribution >= 4 is 16.9 Å². The van der Waals surface area contributed by atoms with Gasteiger partial charge in [-0.1, -0.05) is 55.9 Å². The van der Waals surface area contributed by atoms with E-state index < -0.39 is 0 Å². The van der Waals surface area contributed by atoms with Crippen LogP contribution in [0.4, 0.5) is 0 Å². The summed E-state index contributed by atoms with van der Waals surface area (Å²) < 4.78 is 0. The van der Waals surface area contributed by atoms with Gasteiger partial charge >= 0.3 is 0 Å². The highest BCUT2D eigenvalue weighted by Gasteiger charge is 2.39. The first-order valence-electron chi connectivity index (χ1n) is 7.24. The standard InChI is InChI=1S/C16H22N2S/c1-11(2)8-13-10-19-16(17-13)18-15-9-14(15)12-6-4-3-5-7-12/h3-7,11,13-15H,8-10H2,1-2H3,(H,17,18). The minimum atomic E-state index is 0.509. The van der Waals surface area contributed by atoms with Crippen molar-refractivity contribution in [3.05, 3.63) is 35.9 Å². The minimum absolute atomic E-state index is 0.509. The van der Waals surface area contributed by atoms with Crippen LogP contribution in [0, 0.1) is 5.92 Å². The van der Waals surface area contributed by atoms with Crippen LogP contribution < -0.4 is 5.32 Å². The number of thioether (sulfide) groups is 1. The molecule has 3 atom stereocenters. The fourth-order valence-electron chi connectivity index (χ4n) is 2.74. The molecule has 1 heterocycles. The average molecular weight is 274 g/mol. The van der Waals surface area contributed by atoms with Crippen molar-refractivity contribution in [2.45, 2.75) is 44.7 Å². The van der Waals surface area contributed by atoms with Gasteiger partial charge in [0.1, 0.15) is 0 Å². The molecule has 1 saturated heterocycles. The predicted molar refractivity (Wildman–Crippen MR) is 83.9 cm³/mol. The van der Waals surface area contributed by atoms with Gasteiger partial charge in [0.05, 0.1) is 6.04 Å². The molecule has 19 heavy (non-hydrogen) atoms. The Balaban J connectivity index is 1.55. The largest absolute Gasteiger partial charge is 0.361 e. The van der Waals surface area contributed by atoms with E-state index in [-0.39, 0.29) is 0 Å². The molecule has 0 amide bonds. The van der Waals surface area contributed by atoms with Crippen LogP contribution in [0.25, 0.3) is 0 Å². The van der Waals surface area contributed by atoms with Crippen molar-refractivity contribution in [1.82, 2.24) is 5.32 Å². The summed E-state index contributed by atoms with van der Waals surface area (Å²) in [5, 5.41) is 4.75. The second kappa shape index (κ2) is 5.58. The number of hydrogen-bond donors (Lipinski definition) is 1. The fraction of sp³-hybridized carbons (Fsp3) is 0.562. The first kappa shape index (κ1) is 13.0. The molecule has 2 aliphatic rings. The van der Waals surface area contributed by atoms with Crippen LogP contribution in [-0.2, 0) is 0 Å². The zero-order valence-corrected chi connectivity index (χ0v) is 12.5.